The molecule has 4 nitrogen and oxygen atoms in total. The van der Waals surface area contributed by atoms with Gasteiger partial charge in [0, 0.05) is 0 Å². The van der Waals surface area contributed by atoms with Gasteiger partial charge in [0.15, 0.2) is 17.6 Å². The highest BCUT2D eigenvalue weighted by Crippen LogP contribution is 2.25. The second kappa shape index (κ2) is 5.66. The third-order valence-electron chi connectivity index (χ3n) is 1.90. The Kier molecular flexibility index (Phi) is 4.22. The SMILES string of the molecule is C#CCNC(=O)C(C)Oc1ccccc1O. The number of aromatic hydroxyl groups is 1. The van der Waals surface area contributed by atoms with Crippen molar-refractivity contribution in [3.05, 3.63) is 24.3 Å². The van der Waals surface area contributed by atoms with Gasteiger partial charge in [0.2, 0.25) is 0 Å². The third-order valence-corrected chi connectivity index (χ3v) is 1.90. The Balaban J connectivity index is 2.58. The average Bonchev–Trinajstić information content (AvgIpc) is 2.28. The van der Waals surface area contributed by atoms with E-state index in [-0.39, 0.29) is 24.0 Å². The van der Waals surface area contributed by atoms with E-state index in [0.717, 1.165) is 0 Å². The van der Waals surface area contributed by atoms with E-state index in [4.69, 9.17) is 11.2 Å². The minimum absolute atomic E-state index is 0.000833. The van der Waals surface area contributed by atoms with E-state index in [1.807, 2.05) is 0 Å². The number of phenolic OH excluding ortho intramolecular Hbond substituents is 1. The molecule has 4 heteroatoms. The quantitative estimate of drug-likeness (QED) is 0.740. The molecule has 1 aromatic carbocycles. The molecule has 84 valence electrons. The van der Waals surface area contributed by atoms with Crippen molar-refractivity contribution in [1.82, 2.24) is 5.32 Å². The molecule has 1 atom stereocenters. The fourth-order valence-electron chi connectivity index (χ4n) is 1.08. The maximum atomic E-state index is 11.4. The van der Waals surface area contributed by atoms with Gasteiger partial charge in [-0.15, -0.1) is 6.42 Å². The molecule has 0 aliphatic carbocycles. The van der Waals surface area contributed by atoms with E-state index >= 15 is 0 Å². The van der Waals surface area contributed by atoms with Gasteiger partial charge in [0.05, 0.1) is 6.54 Å². The Morgan fingerprint density at radius 3 is 2.94 bits per heavy atom. The van der Waals surface area contributed by atoms with Gasteiger partial charge >= 0.3 is 0 Å². The summed E-state index contributed by atoms with van der Waals surface area (Å²) in [5.41, 5.74) is 0. The summed E-state index contributed by atoms with van der Waals surface area (Å²) in [5, 5.41) is 11.9. The first kappa shape index (κ1) is 11.9. The Bertz CT molecular complexity index is 409. The summed E-state index contributed by atoms with van der Waals surface area (Å²) in [5.74, 6) is 2.24. The van der Waals surface area contributed by atoms with Crippen LogP contribution in [-0.4, -0.2) is 23.7 Å². The first-order chi connectivity index (χ1) is 7.65. The van der Waals surface area contributed by atoms with Gasteiger partial charge in [-0.05, 0) is 19.1 Å². The molecule has 1 unspecified atom stereocenters. The number of terminal acetylenes is 1. The topological polar surface area (TPSA) is 58.6 Å². The van der Waals surface area contributed by atoms with Crippen LogP contribution in [-0.2, 0) is 4.79 Å². The number of hydrogen-bond acceptors (Lipinski definition) is 3. The smallest absolute Gasteiger partial charge is 0.261 e. The summed E-state index contributed by atoms with van der Waals surface area (Å²) < 4.78 is 5.27. The van der Waals surface area contributed by atoms with Crippen molar-refractivity contribution in [3.63, 3.8) is 0 Å². The predicted molar refractivity (Wildman–Crippen MR) is 60.0 cm³/mol. The van der Waals surface area contributed by atoms with Gasteiger partial charge in [-0.3, -0.25) is 4.79 Å². The number of carbonyl (C=O) groups is 1. The Morgan fingerprint density at radius 1 is 1.62 bits per heavy atom. The summed E-state index contributed by atoms with van der Waals surface area (Å²) in [7, 11) is 0. The second-order valence-corrected chi connectivity index (χ2v) is 3.15. The third kappa shape index (κ3) is 3.21. The van der Waals surface area contributed by atoms with Crippen LogP contribution in [0.5, 0.6) is 11.5 Å². The van der Waals surface area contributed by atoms with Crippen LogP contribution in [0.4, 0.5) is 0 Å². The lowest BCUT2D eigenvalue weighted by molar-refractivity contribution is -0.127. The van der Waals surface area contributed by atoms with E-state index in [1.165, 1.54) is 6.07 Å². The molecular formula is C12H13NO3. The monoisotopic (exact) mass is 219 g/mol. The number of para-hydroxylation sites is 2. The molecule has 0 saturated heterocycles. The Hall–Kier alpha value is -2.15. The maximum Gasteiger partial charge on any atom is 0.261 e. The zero-order chi connectivity index (χ0) is 12.0. The number of rotatable bonds is 4. The van der Waals surface area contributed by atoms with E-state index in [9.17, 15) is 9.90 Å². The summed E-state index contributed by atoms with van der Waals surface area (Å²) in [4.78, 5) is 11.4. The summed E-state index contributed by atoms with van der Waals surface area (Å²) in [6, 6.07) is 6.45. The molecule has 0 saturated carbocycles. The van der Waals surface area contributed by atoms with E-state index in [0.29, 0.717) is 0 Å². The lowest BCUT2D eigenvalue weighted by Crippen LogP contribution is -2.36. The molecular weight excluding hydrogens is 206 g/mol. The van der Waals surface area contributed by atoms with Crippen LogP contribution in [0.1, 0.15) is 6.92 Å². The lowest BCUT2D eigenvalue weighted by Gasteiger charge is -2.14. The fraction of sp³-hybridized carbons (Fsp3) is 0.250. The van der Waals surface area contributed by atoms with Crippen molar-refractivity contribution in [3.8, 4) is 23.8 Å². The molecule has 0 spiro atoms. The first-order valence-corrected chi connectivity index (χ1v) is 4.81. The van der Waals surface area contributed by atoms with Crippen LogP contribution in [0.3, 0.4) is 0 Å². The van der Waals surface area contributed by atoms with E-state index in [1.54, 1.807) is 25.1 Å². The molecule has 0 aromatic heterocycles. The molecule has 0 aliphatic rings. The van der Waals surface area contributed by atoms with Crippen molar-refractivity contribution in [2.75, 3.05) is 6.54 Å². The molecule has 1 rings (SSSR count). The van der Waals surface area contributed by atoms with Gasteiger partial charge in [0.25, 0.3) is 5.91 Å². The standard InChI is InChI=1S/C12H13NO3/c1-3-8-13-12(15)9(2)16-11-7-5-4-6-10(11)14/h1,4-7,9,14H,8H2,2H3,(H,13,15). The number of nitrogens with one attached hydrogen (secondary N) is 1. The first-order valence-electron chi connectivity index (χ1n) is 4.81. The van der Waals surface area contributed by atoms with Crippen LogP contribution in [0.2, 0.25) is 0 Å². The Labute approximate surface area is 94.2 Å². The van der Waals surface area contributed by atoms with Gasteiger partial charge in [-0.25, -0.2) is 0 Å². The average molecular weight is 219 g/mol. The van der Waals surface area contributed by atoms with Crippen LogP contribution in [0, 0.1) is 12.3 Å². The molecule has 2 N–H and O–H groups in total. The van der Waals surface area contributed by atoms with Gasteiger partial charge in [-0.1, -0.05) is 18.1 Å². The molecule has 16 heavy (non-hydrogen) atoms. The summed E-state index contributed by atoms with van der Waals surface area (Å²) in [6.07, 6.45) is 4.30. The molecule has 1 aromatic rings. The molecule has 0 fully saturated rings. The number of benzene rings is 1. The van der Waals surface area contributed by atoms with Crippen LogP contribution in [0.15, 0.2) is 24.3 Å². The van der Waals surface area contributed by atoms with Crippen LogP contribution in [0.25, 0.3) is 0 Å². The van der Waals surface area contributed by atoms with Crippen LogP contribution < -0.4 is 10.1 Å². The summed E-state index contributed by atoms with van der Waals surface area (Å²) in [6.45, 7) is 1.74. The van der Waals surface area contributed by atoms with Crippen molar-refractivity contribution >= 4 is 5.91 Å². The number of ether oxygens (including phenoxy) is 1. The van der Waals surface area contributed by atoms with Gasteiger partial charge in [-0.2, -0.15) is 0 Å². The highest BCUT2D eigenvalue weighted by molar-refractivity contribution is 5.81. The van der Waals surface area contributed by atoms with Crippen molar-refractivity contribution in [2.45, 2.75) is 13.0 Å². The minimum atomic E-state index is -0.707. The van der Waals surface area contributed by atoms with E-state index < -0.39 is 6.10 Å². The second-order valence-electron chi connectivity index (χ2n) is 3.15. The molecule has 0 radical (unpaired) electrons. The zero-order valence-corrected chi connectivity index (χ0v) is 8.93. The lowest BCUT2D eigenvalue weighted by atomic mass is 10.3. The highest BCUT2D eigenvalue weighted by Gasteiger charge is 2.14. The highest BCUT2D eigenvalue weighted by atomic mass is 16.5. The normalized spacial score (nSPS) is 11.2. The zero-order valence-electron chi connectivity index (χ0n) is 8.93. The molecule has 0 heterocycles. The number of phenols is 1. The number of amides is 1. The Morgan fingerprint density at radius 2 is 2.31 bits per heavy atom. The minimum Gasteiger partial charge on any atom is -0.504 e. The molecule has 0 bridgehead atoms. The van der Waals surface area contributed by atoms with Gasteiger partial charge < -0.3 is 15.2 Å². The van der Waals surface area contributed by atoms with Crippen molar-refractivity contribution in [1.29, 1.82) is 0 Å². The maximum absolute atomic E-state index is 11.4. The van der Waals surface area contributed by atoms with Crippen LogP contribution >= 0.6 is 0 Å². The van der Waals surface area contributed by atoms with Gasteiger partial charge in [0.1, 0.15) is 0 Å². The van der Waals surface area contributed by atoms with Crippen molar-refractivity contribution in [2.24, 2.45) is 0 Å². The van der Waals surface area contributed by atoms with E-state index in [2.05, 4.69) is 11.2 Å². The predicted octanol–water partition coefficient (Wildman–Crippen LogP) is 0.909. The number of hydrogen-bond donors (Lipinski definition) is 2. The fourth-order valence-corrected chi connectivity index (χ4v) is 1.08. The van der Waals surface area contributed by atoms with Crippen molar-refractivity contribution < 1.29 is 14.6 Å². The largest absolute Gasteiger partial charge is 0.504 e. The molecule has 0 aliphatic heterocycles. The number of carbonyl (C=O) groups excluding carboxylic acids is 1. The summed E-state index contributed by atoms with van der Waals surface area (Å²) >= 11 is 0. The molecule has 1 amide bonds.